The number of amides is 1. The van der Waals surface area contributed by atoms with Gasteiger partial charge in [0.05, 0.1) is 6.42 Å². The monoisotopic (exact) mass is 141 g/mol. The molecule has 0 bridgehead atoms. The lowest BCUT2D eigenvalue weighted by Gasteiger charge is -1.95. The van der Waals surface area contributed by atoms with Gasteiger partial charge < -0.3 is 10.4 Å². The van der Waals surface area contributed by atoms with Crippen molar-refractivity contribution in [3.8, 4) is 12.3 Å². The number of carboxylic acids is 1. The summed E-state index contributed by atoms with van der Waals surface area (Å²) in [5.74, 6) is 0.568. The van der Waals surface area contributed by atoms with Crippen molar-refractivity contribution < 1.29 is 14.7 Å². The Morgan fingerprint density at radius 1 is 1.60 bits per heavy atom. The van der Waals surface area contributed by atoms with Gasteiger partial charge in [-0.15, -0.1) is 6.42 Å². The topological polar surface area (TPSA) is 66.4 Å². The fourth-order valence-electron chi connectivity index (χ4n) is 0.329. The highest BCUT2D eigenvalue weighted by Crippen LogP contribution is 1.73. The highest BCUT2D eigenvalue weighted by molar-refractivity contribution is 5.82. The van der Waals surface area contributed by atoms with Gasteiger partial charge in [0.15, 0.2) is 0 Å². The fraction of sp³-hybridized carbons (Fsp3) is 0.333. The SMILES string of the molecule is C#CCC(=O)NCC(=O)O. The molecule has 1 amide bonds. The van der Waals surface area contributed by atoms with Crippen molar-refractivity contribution >= 4 is 11.9 Å². The number of carbonyl (C=O) groups is 2. The molecule has 0 rings (SSSR count). The van der Waals surface area contributed by atoms with Gasteiger partial charge >= 0.3 is 5.97 Å². The number of aliphatic carboxylic acids is 1. The zero-order valence-electron chi connectivity index (χ0n) is 5.26. The van der Waals surface area contributed by atoms with Gasteiger partial charge in [0.25, 0.3) is 0 Å². The highest BCUT2D eigenvalue weighted by Gasteiger charge is 1.99. The Hall–Kier alpha value is -1.50. The molecule has 0 aliphatic rings. The van der Waals surface area contributed by atoms with Crippen LogP contribution in [-0.4, -0.2) is 23.5 Å². The number of nitrogens with one attached hydrogen (secondary N) is 1. The molecule has 0 spiro atoms. The largest absolute Gasteiger partial charge is 0.480 e. The summed E-state index contributed by atoms with van der Waals surface area (Å²) < 4.78 is 0. The number of terminal acetylenes is 1. The van der Waals surface area contributed by atoms with Crippen molar-refractivity contribution in [1.29, 1.82) is 0 Å². The molecule has 54 valence electrons. The molecule has 0 aromatic heterocycles. The summed E-state index contributed by atoms with van der Waals surface area (Å²) >= 11 is 0. The van der Waals surface area contributed by atoms with Crippen LogP contribution in [-0.2, 0) is 9.59 Å². The molecule has 4 nitrogen and oxygen atoms in total. The van der Waals surface area contributed by atoms with E-state index in [2.05, 4.69) is 11.2 Å². The molecule has 0 saturated heterocycles. The van der Waals surface area contributed by atoms with Crippen molar-refractivity contribution in [2.75, 3.05) is 6.54 Å². The lowest BCUT2D eigenvalue weighted by Crippen LogP contribution is -2.28. The van der Waals surface area contributed by atoms with E-state index in [1.165, 1.54) is 0 Å². The van der Waals surface area contributed by atoms with Crippen LogP contribution in [0, 0.1) is 12.3 Å². The molecule has 4 heteroatoms. The van der Waals surface area contributed by atoms with Crippen LogP contribution in [0.4, 0.5) is 0 Å². The number of hydrogen-bond acceptors (Lipinski definition) is 2. The van der Waals surface area contributed by atoms with E-state index in [-0.39, 0.29) is 13.0 Å². The lowest BCUT2D eigenvalue weighted by atomic mass is 10.4. The summed E-state index contributed by atoms with van der Waals surface area (Å²) in [5, 5.41) is 10.2. The van der Waals surface area contributed by atoms with E-state index in [4.69, 9.17) is 11.5 Å². The number of rotatable bonds is 3. The van der Waals surface area contributed by atoms with E-state index < -0.39 is 11.9 Å². The summed E-state index contributed by atoms with van der Waals surface area (Å²) in [6, 6.07) is 0. The van der Waals surface area contributed by atoms with Gasteiger partial charge in [0, 0.05) is 0 Å². The highest BCUT2D eigenvalue weighted by atomic mass is 16.4. The van der Waals surface area contributed by atoms with E-state index >= 15 is 0 Å². The molecular formula is C6H7NO3. The van der Waals surface area contributed by atoms with Gasteiger partial charge in [-0.05, 0) is 0 Å². The quantitative estimate of drug-likeness (QED) is 0.506. The maximum atomic E-state index is 10.4. The predicted molar refractivity (Wildman–Crippen MR) is 34.1 cm³/mol. The third kappa shape index (κ3) is 4.65. The minimum atomic E-state index is -1.08. The number of carboxylic acid groups (broad SMARTS) is 1. The van der Waals surface area contributed by atoms with Gasteiger partial charge in [-0.2, -0.15) is 0 Å². The van der Waals surface area contributed by atoms with Crippen LogP contribution in [0.5, 0.6) is 0 Å². The average molecular weight is 141 g/mol. The van der Waals surface area contributed by atoms with E-state index in [1.807, 2.05) is 0 Å². The summed E-state index contributed by atoms with van der Waals surface area (Å²) in [7, 11) is 0. The number of carbonyl (C=O) groups excluding carboxylic acids is 1. The summed E-state index contributed by atoms with van der Waals surface area (Å²) in [4.78, 5) is 20.3. The molecule has 0 radical (unpaired) electrons. The third-order valence-corrected chi connectivity index (χ3v) is 0.699. The second-order valence-electron chi connectivity index (χ2n) is 1.55. The van der Waals surface area contributed by atoms with Crippen molar-refractivity contribution in [3.63, 3.8) is 0 Å². The Balaban J connectivity index is 3.42. The molecule has 0 atom stereocenters. The lowest BCUT2D eigenvalue weighted by molar-refractivity contribution is -0.137. The number of hydrogen-bond donors (Lipinski definition) is 2. The summed E-state index contributed by atoms with van der Waals surface area (Å²) in [6.07, 6.45) is 4.70. The Bertz CT molecular complexity index is 180. The molecule has 0 saturated carbocycles. The minimum absolute atomic E-state index is 0.0761. The van der Waals surface area contributed by atoms with E-state index in [9.17, 15) is 9.59 Å². The van der Waals surface area contributed by atoms with Crippen molar-refractivity contribution in [2.45, 2.75) is 6.42 Å². The minimum Gasteiger partial charge on any atom is -0.480 e. The van der Waals surface area contributed by atoms with E-state index in [0.717, 1.165) is 0 Å². The summed E-state index contributed by atoms with van der Waals surface area (Å²) in [6.45, 7) is -0.374. The van der Waals surface area contributed by atoms with Crippen LogP contribution >= 0.6 is 0 Å². The summed E-state index contributed by atoms with van der Waals surface area (Å²) in [5.41, 5.74) is 0. The first-order valence-corrected chi connectivity index (χ1v) is 2.58. The van der Waals surface area contributed by atoms with E-state index in [1.54, 1.807) is 0 Å². The molecule has 0 aliphatic carbocycles. The van der Waals surface area contributed by atoms with Gasteiger partial charge in [-0.3, -0.25) is 9.59 Å². The van der Waals surface area contributed by atoms with Crippen LogP contribution in [0.3, 0.4) is 0 Å². The fourth-order valence-corrected chi connectivity index (χ4v) is 0.329. The van der Waals surface area contributed by atoms with Crippen LogP contribution in [0.25, 0.3) is 0 Å². The van der Waals surface area contributed by atoms with Crippen LogP contribution in [0.1, 0.15) is 6.42 Å². The maximum absolute atomic E-state index is 10.4. The molecule has 0 aromatic carbocycles. The Morgan fingerprint density at radius 3 is 2.60 bits per heavy atom. The van der Waals surface area contributed by atoms with Gasteiger partial charge in [0.1, 0.15) is 6.54 Å². The molecule has 0 unspecified atom stereocenters. The zero-order chi connectivity index (χ0) is 7.98. The van der Waals surface area contributed by atoms with E-state index in [0.29, 0.717) is 0 Å². The van der Waals surface area contributed by atoms with Crippen LogP contribution in [0.15, 0.2) is 0 Å². The van der Waals surface area contributed by atoms with Crippen molar-refractivity contribution in [1.82, 2.24) is 5.32 Å². The maximum Gasteiger partial charge on any atom is 0.322 e. The molecule has 0 heterocycles. The van der Waals surface area contributed by atoms with Gasteiger partial charge in [0.2, 0.25) is 5.91 Å². The second-order valence-corrected chi connectivity index (χ2v) is 1.55. The predicted octanol–water partition coefficient (Wildman–Crippen LogP) is -0.790. The Morgan fingerprint density at radius 2 is 2.20 bits per heavy atom. The Kier molecular flexibility index (Phi) is 3.73. The first-order valence-electron chi connectivity index (χ1n) is 2.58. The van der Waals surface area contributed by atoms with Crippen molar-refractivity contribution in [2.24, 2.45) is 0 Å². The molecule has 0 fully saturated rings. The molecular weight excluding hydrogens is 134 g/mol. The second kappa shape index (κ2) is 4.39. The van der Waals surface area contributed by atoms with Crippen LogP contribution in [0.2, 0.25) is 0 Å². The smallest absolute Gasteiger partial charge is 0.322 e. The van der Waals surface area contributed by atoms with Crippen molar-refractivity contribution in [3.05, 3.63) is 0 Å². The zero-order valence-corrected chi connectivity index (χ0v) is 5.26. The molecule has 10 heavy (non-hydrogen) atoms. The molecule has 0 aromatic rings. The standard InChI is InChI=1S/C6H7NO3/c1-2-3-5(8)7-4-6(9)10/h1H,3-4H2,(H,7,8)(H,9,10). The van der Waals surface area contributed by atoms with Crippen LogP contribution < -0.4 is 5.32 Å². The Labute approximate surface area is 58.2 Å². The van der Waals surface area contributed by atoms with Gasteiger partial charge in [-0.1, -0.05) is 5.92 Å². The van der Waals surface area contributed by atoms with Gasteiger partial charge in [-0.25, -0.2) is 0 Å². The third-order valence-electron chi connectivity index (χ3n) is 0.699. The first kappa shape index (κ1) is 8.50. The molecule has 0 aliphatic heterocycles. The molecule has 2 N–H and O–H groups in total. The first-order chi connectivity index (χ1) is 4.66. The average Bonchev–Trinajstić information content (AvgIpc) is 1.85. The normalized spacial score (nSPS) is 7.90.